The first kappa shape index (κ1) is 12.0. The molecule has 18 heavy (non-hydrogen) atoms. The van der Waals surface area contributed by atoms with Crippen molar-refractivity contribution in [3.63, 3.8) is 0 Å². The highest BCUT2D eigenvalue weighted by molar-refractivity contribution is 5.22. The third-order valence-corrected chi connectivity index (χ3v) is 2.23. The van der Waals surface area contributed by atoms with Gasteiger partial charge in [0.05, 0.1) is 11.5 Å². The Morgan fingerprint density at radius 1 is 1.39 bits per heavy atom. The minimum atomic E-state index is -0.510. The minimum absolute atomic E-state index is 0.0585. The summed E-state index contributed by atoms with van der Waals surface area (Å²) in [5.74, 6) is 0.211. The van der Waals surface area contributed by atoms with Crippen molar-refractivity contribution in [3.05, 3.63) is 52.6 Å². The standard InChI is InChI=1S/C11H10FN3O3/c12-9-1-3-11(4-2-9)18-6-5-14-8-10(7-13-14)15(16)17/h1-4,7-8H,5-6H2. The van der Waals surface area contributed by atoms with Gasteiger partial charge in [-0.3, -0.25) is 14.8 Å². The van der Waals surface area contributed by atoms with Crippen LogP contribution in [0.5, 0.6) is 5.75 Å². The normalized spacial score (nSPS) is 10.3. The first-order valence-electron chi connectivity index (χ1n) is 5.20. The topological polar surface area (TPSA) is 70.2 Å². The van der Waals surface area contributed by atoms with Crippen molar-refractivity contribution in [3.8, 4) is 5.75 Å². The molecule has 0 unspecified atom stereocenters. The Balaban J connectivity index is 1.84. The summed E-state index contributed by atoms with van der Waals surface area (Å²) in [4.78, 5) is 9.92. The lowest BCUT2D eigenvalue weighted by Crippen LogP contribution is -2.08. The predicted octanol–water partition coefficient (Wildman–Crippen LogP) is 2.01. The van der Waals surface area contributed by atoms with Crippen molar-refractivity contribution in [2.45, 2.75) is 6.54 Å². The fraction of sp³-hybridized carbons (Fsp3) is 0.182. The van der Waals surface area contributed by atoms with Crippen LogP contribution in [0.4, 0.5) is 10.1 Å². The van der Waals surface area contributed by atoms with Crippen LogP contribution in [0, 0.1) is 15.9 Å². The van der Waals surface area contributed by atoms with Crippen LogP contribution in [0.25, 0.3) is 0 Å². The highest BCUT2D eigenvalue weighted by atomic mass is 19.1. The van der Waals surface area contributed by atoms with Gasteiger partial charge in [0, 0.05) is 0 Å². The van der Waals surface area contributed by atoms with E-state index >= 15 is 0 Å². The van der Waals surface area contributed by atoms with Crippen LogP contribution in [-0.4, -0.2) is 21.3 Å². The second kappa shape index (κ2) is 5.26. The van der Waals surface area contributed by atoms with Gasteiger partial charge in [0.25, 0.3) is 0 Å². The maximum Gasteiger partial charge on any atom is 0.306 e. The first-order valence-corrected chi connectivity index (χ1v) is 5.20. The summed E-state index contributed by atoms with van der Waals surface area (Å²) < 4.78 is 19.4. The smallest absolute Gasteiger partial charge is 0.306 e. The number of aromatic nitrogens is 2. The molecule has 0 aliphatic heterocycles. The Bertz CT molecular complexity index is 539. The maximum atomic E-state index is 12.6. The van der Waals surface area contributed by atoms with Gasteiger partial charge in [0.1, 0.15) is 30.6 Å². The summed E-state index contributed by atoms with van der Waals surface area (Å²) in [6.45, 7) is 0.676. The Morgan fingerprint density at radius 2 is 2.11 bits per heavy atom. The largest absolute Gasteiger partial charge is 0.492 e. The van der Waals surface area contributed by atoms with Crippen LogP contribution in [-0.2, 0) is 6.54 Å². The molecule has 1 heterocycles. The molecular weight excluding hydrogens is 241 g/mol. The van der Waals surface area contributed by atoms with Gasteiger partial charge < -0.3 is 4.74 Å². The molecule has 1 aromatic heterocycles. The number of hydrogen-bond acceptors (Lipinski definition) is 4. The molecular formula is C11H10FN3O3. The van der Waals surface area contributed by atoms with Crippen LogP contribution in [0.15, 0.2) is 36.7 Å². The first-order chi connectivity index (χ1) is 8.65. The van der Waals surface area contributed by atoms with Gasteiger partial charge in [-0.1, -0.05) is 0 Å². The fourth-order valence-corrected chi connectivity index (χ4v) is 1.36. The SMILES string of the molecule is O=[N+]([O-])c1cnn(CCOc2ccc(F)cc2)c1. The molecule has 7 heteroatoms. The molecule has 1 aromatic carbocycles. The molecule has 94 valence electrons. The number of hydrogen-bond donors (Lipinski definition) is 0. The maximum absolute atomic E-state index is 12.6. The lowest BCUT2D eigenvalue weighted by atomic mass is 10.3. The second-order valence-corrected chi connectivity index (χ2v) is 3.52. The summed E-state index contributed by atoms with van der Waals surface area (Å²) in [6.07, 6.45) is 2.51. The number of nitrogens with zero attached hydrogens (tertiary/aromatic N) is 3. The summed E-state index contributed by atoms with van der Waals surface area (Å²) in [5.41, 5.74) is -0.0585. The van der Waals surface area contributed by atoms with Crippen molar-refractivity contribution in [2.24, 2.45) is 0 Å². The van der Waals surface area contributed by atoms with Crippen LogP contribution in [0.2, 0.25) is 0 Å². The number of nitro groups is 1. The van der Waals surface area contributed by atoms with Gasteiger partial charge in [0.15, 0.2) is 0 Å². The number of rotatable bonds is 5. The van der Waals surface area contributed by atoms with E-state index in [9.17, 15) is 14.5 Å². The number of benzene rings is 1. The van der Waals surface area contributed by atoms with E-state index < -0.39 is 4.92 Å². The van der Waals surface area contributed by atoms with Crippen molar-refractivity contribution < 1.29 is 14.1 Å². The highest BCUT2D eigenvalue weighted by Gasteiger charge is 2.08. The third kappa shape index (κ3) is 3.03. The second-order valence-electron chi connectivity index (χ2n) is 3.52. The van der Waals surface area contributed by atoms with E-state index in [0.717, 1.165) is 0 Å². The molecule has 6 nitrogen and oxygen atoms in total. The summed E-state index contributed by atoms with van der Waals surface area (Å²) in [5, 5.41) is 14.2. The Hall–Kier alpha value is -2.44. The molecule has 0 aliphatic carbocycles. The summed E-state index contributed by atoms with van der Waals surface area (Å²) >= 11 is 0. The predicted molar refractivity (Wildman–Crippen MR) is 60.8 cm³/mol. The Kier molecular flexibility index (Phi) is 3.52. The molecule has 0 atom stereocenters. The molecule has 0 radical (unpaired) electrons. The third-order valence-electron chi connectivity index (χ3n) is 2.23. The molecule has 2 aromatic rings. The molecule has 0 aliphatic rings. The Labute approximate surface area is 102 Å². The van der Waals surface area contributed by atoms with Gasteiger partial charge >= 0.3 is 5.69 Å². The molecule has 0 spiro atoms. The Morgan fingerprint density at radius 3 is 2.72 bits per heavy atom. The molecule has 0 amide bonds. The van der Waals surface area contributed by atoms with Gasteiger partial charge in [-0.25, -0.2) is 4.39 Å². The van der Waals surface area contributed by atoms with Crippen molar-refractivity contribution in [2.75, 3.05) is 6.61 Å². The van der Waals surface area contributed by atoms with E-state index in [0.29, 0.717) is 18.9 Å². The van der Waals surface area contributed by atoms with Crippen molar-refractivity contribution in [1.29, 1.82) is 0 Å². The summed E-state index contributed by atoms with van der Waals surface area (Å²) in [7, 11) is 0. The minimum Gasteiger partial charge on any atom is -0.492 e. The highest BCUT2D eigenvalue weighted by Crippen LogP contribution is 2.11. The van der Waals surface area contributed by atoms with Crippen LogP contribution >= 0.6 is 0 Å². The molecule has 0 saturated carbocycles. The van der Waals surface area contributed by atoms with E-state index in [1.54, 1.807) is 0 Å². The van der Waals surface area contributed by atoms with E-state index in [1.807, 2.05) is 0 Å². The van der Waals surface area contributed by atoms with Crippen LogP contribution in [0.1, 0.15) is 0 Å². The van der Waals surface area contributed by atoms with Gasteiger partial charge in [-0.05, 0) is 24.3 Å². The zero-order valence-corrected chi connectivity index (χ0v) is 9.32. The fourth-order valence-electron chi connectivity index (χ4n) is 1.36. The molecule has 0 bridgehead atoms. The molecule has 0 saturated heterocycles. The number of halogens is 1. The lowest BCUT2D eigenvalue weighted by Gasteiger charge is -2.05. The van der Waals surface area contributed by atoms with Gasteiger partial charge in [-0.15, -0.1) is 0 Å². The van der Waals surface area contributed by atoms with Crippen molar-refractivity contribution >= 4 is 5.69 Å². The van der Waals surface area contributed by atoms with E-state index in [-0.39, 0.29) is 11.5 Å². The summed E-state index contributed by atoms with van der Waals surface area (Å²) in [6, 6.07) is 5.63. The van der Waals surface area contributed by atoms with E-state index in [4.69, 9.17) is 4.74 Å². The molecule has 0 N–H and O–H groups in total. The molecule has 2 rings (SSSR count). The van der Waals surface area contributed by atoms with Gasteiger partial charge in [0.2, 0.25) is 0 Å². The van der Waals surface area contributed by atoms with Gasteiger partial charge in [-0.2, -0.15) is 5.10 Å². The average molecular weight is 251 g/mol. The van der Waals surface area contributed by atoms with Crippen molar-refractivity contribution in [1.82, 2.24) is 9.78 Å². The zero-order valence-electron chi connectivity index (χ0n) is 9.32. The quantitative estimate of drug-likeness (QED) is 0.602. The zero-order chi connectivity index (χ0) is 13.0. The molecule has 0 fully saturated rings. The number of ether oxygens (including phenoxy) is 1. The average Bonchev–Trinajstić information content (AvgIpc) is 2.81. The lowest BCUT2D eigenvalue weighted by molar-refractivity contribution is -0.385. The van der Waals surface area contributed by atoms with E-state index in [1.165, 1.54) is 41.3 Å². The van der Waals surface area contributed by atoms with E-state index in [2.05, 4.69) is 5.10 Å². The van der Waals surface area contributed by atoms with Crippen LogP contribution < -0.4 is 4.74 Å². The monoisotopic (exact) mass is 251 g/mol. The van der Waals surface area contributed by atoms with Crippen LogP contribution in [0.3, 0.4) is 0 Å².